The fourth-order valence-corrected chi connectivity index (χ4v) is 3.01. The molecule has 3 heterocycles. The van der Waals surface area contributed by atoms with Gasteiger partial charge in [0.05, 0.1) is 17.4 Å². The van der Waals surface area contributed by atoms with Crippen molar-refractivity contribution in [3.05, 3.63) is 17.8 Å². The molecule has 0 bridgehead atoms. The van der Waals surface area contributed by atoms with Crippen molar-refractivity contribution in [1.29, 1.82) is 0 Å². The van der Waals surface area contributed by atoms with Gasteiger partial charge in [-0.2, -0.15) is 4.68 Å². The zero-order valence-electron chi connectivity index (χ0n) is 12.0. The molecule has 2 aromatic heterocycles. The summed E-state index contributed by atoms with van der Waals surface area (Å²) >= 11 is 0. The summed E-state index contributed by atoms with van der Waals surface area (Å²) in [5.41, 5.74) is 7.55. The fourth-order valence-electron chi connectivity index (χ4n) is 3.01. The summed E-state index contributed by atoms with van der Waals surface area (Å²) in [5.74, 6) is 0.656. The first-order valence-corrected chi connectivity index (χ1v) is 7.46. The van der Waals surface area contributed by atoms with Crippen LogP contribution in [-0.2, 0) is 4.74 Å². The summed E-state index contributed by atoms with van der Waals surface area (Å²) in [5, 5.41) is 4.97. The van der Waals surface area contributed by atoms with Gasteiger partial charge in [-0.15, -0.1) is 5.10 Å². The number of hydrogen-bond acceptors (Lipinski definition) is 5. The number of nitrogens with zero attached hydrogens (tertiary/aromatic N) is 3. The molecule has 0 unspecified atom stereocenters. The second-order valence-electron chi connectivity index (χ2n) is 5.99. The molecule has 6 heteroatoms. The molecule has 1 saturated carbocycles. The normalized spacial score (nSPS) is 25.6. The Labute approximate surface area is 122 Å². The van der Waals surface area contributed by atoms with Crippen molar-refractivity contribution in [1.82, 2.24) is 14.8 Å². The molecule has 2 fully saturated rings. The molecule has 2 N–H and O–H groups in total. The molecule has 6 nitrogen and oxygen atoms in total. The largest absolute Gasteiger partial charge is 0.382 e. The number of nitrogen functional groups attached to an aromatic ring is 1. The number of aromatic nitrogens is 3. The van der Waals surface area contributed by atoms with Gasteiger partial charge in [0, 0.05) is 18.2 Å². The minimum absolute atomic E-state index is 0.0675. The van der Waals surface area contributed by atoms with Crippen LogP contribution < -0.4 is 5.73 Å². The second kappa shape index (κ2) is 4.53. The predicted molar refractivity (Wildman–Crippen MR) is 78.1 cm³/mol. The molecule has 4 rings (SSSR count). The zero-order valence-corrected chi connectivity index (χ0v) is 12.0. The fraction of sp³-hybridized carbons (Fsp3) is 0.533. The molecule has 0 radical (unpaired) electrons. The summed E-state index contributed by atoms with van der Waals surface area (Å²) < 4.78 is 6.87. The van der Waals surface area contributed by atoms with Gasteiger partial charge in [0.1, 0.15) is 0 Å². The maximum absolute atomic E-state index is 12.7. The van der Waals surface area contributed by atoms with Crippen molar-refractivity contribution in [2.24, 2.45) is 5.92 Å². The Hall–Kier alpha value is -1.95. The maximum Gasteiger partial charge on any atom is 0.254 e. The number of anilines is 1. The van der Waals surface area contributed by atoms with Crippen molar-refractivity contribution >= 4 is 22.8 Å². The van der Waals surface area contributed by atoms with Gasteiger partial charge in [0.15, 0.2) is 11.5 Å². The molecular formula is C15H18N4O2. The van der Waals surface area contributed by atoms with Gasteiger partial charge in [0.25, 0.3) is 5.91 Å². The number of ether oxygens (including phenoxy) is 1. The minimum atomic E-state index is -0.168. The Balaban J connectivity index is 1.79. The van der Waals surface area contributed by atoms with E-state index in [0.29, 0.717) is 24.0 Å². The quantitative estimate of drug-likeness (QED) is 0.912. The highest BCUT2D eigenvalue weighted by atomic mass is 16.5. The first-order valence-electron chi connectivity index (χ1n) is 7.46. The molecule has 1 aliphatic heterocycles. The molecule has 2 aliphatic rings. The number of fused-ring (bicyclic) bond motifs is 1. The highest BCUT2D eigenvalue weighted by Gasteiger charge is 2.34. The van der Waals surface area contributed by atoms with Crippen LogP contribution in [0.15, 0.2) is 12.1 Å². The van der Waals surface area contributed by atoms with Crippen molar-refractivity contribution < 1.29 is 9.53 Å². The topological polar surface area (TPSA) is 83.0 Å². The third-order valence-electron chi connectivity index (χ3n) is 4.48. The summed E-state index contributed by atoms with van der Waals surface area (Å²) in [6.07, 6.45) is 2.99. The van der Waals surface area contributed by atoms with Crippen molar-refractivity contribution in [2.45, 2.75) is 38.2 Å². The van der Waals surface area contributed by atoms with E-state index in [1.54, 1.807) is 0 Å². The van der Waals surface area contributed by atoms with Gasteiger partial charge in [-0.25, -0.2) is 4.98 Å². The lowest BCUT2D eigenvalue weighted by atomic mass is 10.0. The van der Waals surface area contributed by atoms with E-state index in [2.05, 4.69) is 10.1 Å². The van der Waals surface area contributed by atoms with E-state index in [9.17, 15) is 4.79 Å². The molecule has 0 spiro atoms. The number of nitrogens with two attached hydrogens (primary N) is 1. The lowest BCUT2D eigenvalue weighted by Gasteiger charge is -2.12. The van der Waals surface area contributed by atoms with E-state index in [1.807, 2.05) is 19.1 Å². The van der Waals surface area contributed by atoms with Gasteiger partial charge in [-0.05, 0) is 38.3 Å². The molecule has 1 aliphatic carbocycles. The monoisotopic (exact) mass is 286 g/mol. The predicted octanol–water partition coefficient (Wildman–Crippen LogP) is 1.96. The number of rotatable bonds is 2. The smallest absolute Gasteiger partial charge is 0.254 e. The molecule has 110 valence electrons. The van der Waals surface area contributed by atoms with Gasteiger partial charge in [0.2, 0.25) is 0 Å². The standard InChI is InChI=1S/C15H18N4O2/c1-8-10(6-7-21-8)15(20)19-14-11(13(16)18-19)4-5-12(17-14)9-2-3-9/h4-5,8-10H,2-3,6-7H2,1H3,(H2,16,18)/t8-,10+/m0/s1. The number of hydrogen-bond donors (Lipinski definition) is 1. The first-order chi connectivity index (χ1) is 10.1. The first kappa shape index (κ1) is 12.8. The maximum atomic E-state index is 12.7. The average molecular weight is 286 g/mol. The number of pyridine rings is 1. The second-order valence-corrected chi connectivity index (χ2v) is 5.99. The Morgan fingerprint density at radius 3 is 2.86 bits per heavy atom. The molecule has 0 amide bonds. The molecule has 21 heavy (non-hydrogen) atoms. The average Bonchev–Trinajstić information content (AvgIpc) is 3.17. The van der Waals surface area contributed by atoms with Crippen LogP contribution in [0, 0.1) is 5.92 Å². The summed E-state index contributed by atoms with van der Waals surface area (Å²) in [7, 11) is 0. The Kier molecular flexibility index (Phi) is 2.75. The van der Waals surface area contributed by atoms with Crippen LogP contribution in [0.3, 0.4) is 0 Å². The van der Waals surface area contributed by atoms with Crippen LogP contribution in [0.1, 0.15) is 42.6 Å². The molecule has 2 atom stereocenters. The Morgan fingerprint density at radius 2 is 2.19 bits per heavy atom. The van der Waals surface area contributed by atoms with Crippen LogP contribution in [0.2, 0.25) is 0 Å². The van der Waals surface area contributed by atoms with E-state index >= 15 is 0 Å². The molecule has 2 aromatic rings. The van der Waals surface area contributed by atoms with Crippen molar-refractivity contribution in [3.63, 3.8) is 0 Å². The number of carbonyl (C=O) groups is 1. The highest BCUT2D eigenvalue weighted by Crippen LogP contribution is 2.39. The van der Waals surface area contributed by atoms with E-state index in [-0.39, 0.29) is 17.9 Å². The van der Waals surface area contributed by atoms with Crippen molar-refractivity contribution in [3.8, 4) is 0 Å². The molecule has 1 saturated heterocycles. The lowest BCUT2D eigenvalue weighted by molar-refractivity contribution is 0.0679. The van der Waals surface area contributed by atoms with Gasteiger partial charge in [-0.1, -0.05) is 0 Å². The molecule has 0 aromatic carbocycles. The van der Waals surface area contributed by atoms with Crippen LogP contribution in [-0.4, -0.2) is 33.4 Å². The third-order valence-corrected chi connectivity index (χ3v) is 4.48. The van der Waals surface area contributed by atoms with E-state index in [1.165, 1.54) is 17.5 Å². The third kappa shape index (κ3) is 2.01. The van der Waals surface area contributed by atoms with Crippen LogP contribution in [0.25, 0.3) is 11.0 Å². The minimum Gasteiger partial charge on any atom is -0.382 e. The van der Waals surface area contributed by atoms with Gasteiger partial charge >= 0.3 is 0 Å². The lowest BCUT2D eigenvalue weighted by Crippen LogP contribution is -2.28. The van der Waals surface area contributed by atoms with E-state index in [4.69, 9.17) is 10.5 Å². The molecular weight excluding hydrogens is 268 g/mol. The Bertz CT molecular complexity index is 720. The Morgan fingerprint density at radius 1 is 1.38 bits per heavy atom. The van der Waals surface area contributed by atoms with Gasteiger partial charge < -0.3 is 10.5 Å². The SMILES string of the molecule is C[C@@H]1OCC[C@H]1C(=O)n1nc(N)c2ccc(C3CC3)nc21. The zero-order chi connectivity index (χ0) is 14.6. The summed E-state index contributed by atoms with van der Waals surface area (Å²) in [4.78, 5) is 17.3. The van der Waals surface area contributed by atoms with Crippen LogP contribution in [0.4, 0.5) is 5.82 Å². The summed E-state index contributed by atoms with van der Waals surface area (Å²) in [6.45, 7) is 2.54. The highest BCUT2D eigenvalue weighted by molar-refractivity contribution is 5.95. The van der Waals surface area contributed by atoms with Crippen LogP contribution >= 0.6 is 0 Å². The van der Waals surface area contributed by atoms with Crippen LogP contribution in [0.5, 0.6) is 0 Å². The van der Waals surface area contributed by atoms with E-state index < -0.39 is 0 Å². The van der Waals surface area contributed by atoms with E-state index in [0.717, 1.165) is 17.5 Å². The van der Waals surface area contributed by atoms with Gasteiger partial charge in [-0.3, -0.25) is 4.79 Å². The van der Waals surface area contributed by atoms with Crippen molar-refractivity contribution in [2.75, 3.05) is 12.3 Å². The summed E-state index contributed by atoms with van der Waals surface area (Å²) in [6, 6.07) is 3.92. The number of carbonyl (C=O) groups excluding carboxylic acids is 1.